The van der Waals surface area contributed by atoms with E-state index in [0.717, 1.165) is 36.2 Å². The number of aldehydes is 2. The maximum atomic E-state index is 13.3. The first-order chi connectivity index (χ1) is 15.3. The zero-order valence-electron chi connectivity index (χ0n) is 21.0. The Labute approximate surface area is 195 Å². The second-order valence-electron chi connectivity index (χ2n) is 12.6. The van der Waals surface area contributed by atoms with Gasteiger partial charge in [-0.25, -0.2) is 0 Å². The van der Waals surface area contributed by atoms with E-state index in [1.165, 1.54) is 64.2 Å². The molecule has 0 amide bonds. The van der Waals surface area contributed by atoms with Gasteiger partial charge in [-0.15, -0.1) is 0 Å². The van der Waals surface area contributed by atoms with Gasteiger partial charge in [0.25, 0.3) is 0 Å². The molecule has 3 heteroatoms. The molecule has 32 heavy (non-hydrogen) atoms. The first-order valence-corrected chi connectivity index (χ1v) is 13.7. The molecule has 0 bridgehead atoms. The first kappa shape index (κ1) is 24.1. The van der Waals surface area contributed by atoms with Crippen molar-refractivity contribution in [2.45, 2.75) is 105 Å². The summed E-state index contributed by atoms with van der Waals surface area (Å²) in [6.07, 6.45) is 16.3. The second-order valence-corrected chi connectivity index (χ2v) is 12.6. The number of ketones is 1. The summed E-state index contributed by atoms with van der Waals surface area (Å²) in [6.45, 7) is 9.28. The lowest BCUT2D eigenvalue weighted by molar-refractivity contribution is -0.133. The highest BCUT2D eigenvalue weighted by molar-refractivity contribution is 5.84. The smallest absolute Gasteiger partial charge is 0.136 e. The van der Waals surface area contributed by atoms with Gasteiger partial charge in [0.1, 0.15) is 18.4 Å². The van der Waals surface area contributed by atoms with Crippen LogP contribution in [0.2, 0.25) is 0 Å². The van der Waals surface area contributed by atoms with Gasteiger partial charge in [-0.3, -0.25) is 4.79 Å². The van der Waals surface area contributed by atoms with Gasteiger partial charge in [0.2, 0.25) is 0 Å². The van der Waals surface area contributed by atoms with Crippen LogP contribution in [0.25, 0.3) is 0 Å². The Hall–Kier alpha value is -0.990. The summed E-state index contributed by atoms with van der Waals surface area (Å²) in [4.78, 5) is 35.9. The van der Waals surface area contributed by atoms with Crippen LogP contribution >= 0.6 is 0 Å². The number of carbonyl (C=O) groups excluding carboxylic acids is 3. The third-order valence-electron chi connectivity index (χ3n) is 11.6. The van der Waals surface area contributed by atoms with Crippen molar-refractivity contribution in [2.24, 2.45) is 58.2 Å². The van der Waals surface area contributed by atoms with Crippen LogP contribution in [0.5, 0.6) is 0 Å². The second kappa shape index (κ2) is 9.34. The average Bonchev–Trinajstić information content (AvgIpc) is 3.15. The van der Waals surface area contributed by atoms with Crippen molar-refractivity contribution in [3.05, 3.63) is 0 Å². The van der Waals surface area contributed by atoms with Crippen LogP contribution in [0, 0.1) is 58.2 Å². The number of rotatable bonds is 8. The molecule has 0 aromatic carbocycles. The Balaban J connectivity index is 1.48. The molecule has 0 aromatic heterocycles. The highest BCUT2D eigenvalue weighted by Crippen LogP contribution is 2.68. The Morgan fingerprint density at radius 1 is 0.906 bits per heavy atom. The van der Waals surface area contributed by atoms with Crippen molar-refractivity contribution in [1.82, 2.24) is 0 Å². The van der Waals surface area contributed by atoms with Gasteiger partial charge in [0, 0.05) is 12.3 Å². The Morgan fingerprint density at radius 3 is 2.31 bits per heavy atom. The summed E-state index contributed by atoms with van der Waals surface area (Å²) in [5, 5.41) is 0. The van der Waals surface area contributed by atoms with Crippen molar-refractivity contribution < 1.29 is 14.4 Å². The molecule has 0 saturated heterocycles. The zero-order valence-corrected chi connectivity index (χ0v) is 21.0. The van der Waals surface area contributed by atoms with E-state index in [0.29, 0.717) is 24.2 Å². The van der Waals surface area contributed by atoms with Crippen LogP contribution in [0.3, 0.4) is 0 Å². The van der Waals surface area contributed by atoms with Gasteiger partial charge < -0.3 is 9.59 Å². The Bertz CT molecular complexity index is 707. The van der Waals surface area contributed by atoms with E-state index in [4.69, 9.17) is 0 Å². The molecule has 0 radical (unpaired) electrons. The summed E-state index contributed by atoms with van der Waals surface area (Å²) in [6, 6.07) is 0. The van der Waals surface area contributed by atoms with Gasteiger partial charge in [-0.2, -0.15) is 0 Å². The van der Waals surface area contributed by atoms with E-state index >= 15 is 0 Å². The van der Waals surface area contributed by atoms with Gasteiger partial charge in [-0.05, 0) is 97.7 Å². The Kier molecular flexibility index (Phi) is 7.04. The van der Waals surface area contributed by atoms with E-state index in [9.17, 15) is 14.4 Å². The Morgan fingerprint density at radius 2 is 1.62 bits per heavy atom. The summed E-state index contributed by atoms with van der Waals surface area (Å²) in [5.74, 6) is 3.50. The van der Waals surface area contributed by atoms with Crippen LogP contribution in [0.1, 0.15) is 105 Å². The highest BCUT2D eigenvalue weighted by atomic mass is 16.1. The summed E-state index contributed by atoms with van der Waals surface area (Å²) in [7, 11) is 0. The largest absolute Gasteiger partial charge is 0.303 e. The number of hydrogen-bond acceptors (Lipinski definition) is 3. The number of carbonyl (C=O) groups is 3. The van der Waals surface area contributed by atoms with Crippen LogP contribution < -0.4 is 0 Å². The van der Waals surface area contributed by atoms with Crippen molar-refractivity contribution >= 4 is 18.4 Å². The molecule has 4 saturated carbocycles. The van der Waals surface area contributed by atoms with Crippen LogP contribution in [0.15, 0.2) is 0 Å². The maximum Gasteiger partial charge on any atom is 0.136 e. The standard InChI is InChI=1S/C29H46O3/c1-5-20(21(17-30)18-31)16-27(32)19(2)24-11-12-25-23-10-9-22-8-6-7-14-28(22,3)26(23)13-15-29(24,25)4/h17-26H,5-16H2,1-4H3/t19-,20+,22?,23-,24+,25-,26-,28-,29+/m0/s1. The van der Waals surface area contributed by atoms with Crippen molar-refractivity contribution in [3.8, 4) is 0 Å². The molecule has 0 heterocycles. The molecule has 4 rings (SSSR count). The van der Waals surface area contributed by atoms with Crippen molar-refractivity contribution in [1.29, 1.82) is 0 Å². The fourth-order valence-electron chi connectivity index (χ4n) is 9.63. The van der Waals surface area contributed by atoms with E-state index in [1.54, 1.807) is 0 Å². The fourth-order valence-corrected chi connectivity index (χ4v) is 9.63. The monoisotopic (exact) mass is 442 g/mol. The van der Waals surface area contributed by atoms with E-state index < -0.39 is 5.92 Å². The summed E-state index contributed by atoms with van der Waals surface area (Å²) in [5.41, 5.74) is 0.847. The van der Waals surface area contributed by atoms with Crippen molar-refractivity contribution in [2.75, 3.05) is 0 Å². The third-order valence-corrected chi connectivity index (χ3v) is 11.6. The molecule has 4 fully saturated rings. The van der Waals surface area contributed by atoms with E-state index in [1.807, 2.05) is 6.92 Å². The van der Waals surface area contributed by atoms with E-state index in [2.05, 4.69) is 20.8 Å². The molecule has 0 aliphatic heterocycles. The molecule has 1 unspecified atom stereocenters. The van der Waals surface area contributed by atoms with Gasteiger partial charge in [0.05, 0.1) is 5.92 Å². The maximum absolute atomic E-state index is 13.3. The molecule has 0 spiro atoms. The lowest BCUT2D eigenvalue weighted by Gasteiger charge is -2.60. The molecule has 9 atom stereocenters. The van der Waals surface area contributed by atoms with Gasteiger partial charge in [-0.1, -0.05) is 47.0 Å². The predicted molar refractivity (Wildman–Crippen MR) is 128 cm³/mol. The van der Waals surface area contributed by atoms with Crippen LogP contribution in [-0.2, 0) is 14.4 Å². The van der Waals surface area contributed by atoms with E-state index in [-0.39, 0.29) is 23.0 Å². The molecular weight excluding hydrogens is 396 g/mol. The first-order valence-electron chi connectivity index (χ1n) is 13.7. The number of Topliss-reactive ketones (excluding diaryl/α,β-unsaturated/α-hetero) is 1. The summed E-state index contributed by atoms with van der Waals surface area (Å²) < 4.78 is 0. The molecule has 4 aliphatic rings. The fraction of sp³-hybridized carbons (Fsp3) is 0.897. The minimum Gasteiger partial charge on any atom is -0.303 e. The topological polar surface area (TPSA) is 51.2 Å². The lowest BCUT2D eigenvalue weighted by atomic mass is 9.44. The molecule has 180 valence electrons. The molecule has 4 aliphatic carbocycles. The van der Waals surface area contributed by atoms with Crippen LogP contribution in [-0.4, -0.2) is 18.4 Å². The lowest BCUT2D eigenvalue weighted by Crippen LogP contribution is -2.53. The third kappa shape index (κ3) is 3.84. The minimum atomic E-state index is -0.634. The summed E-state index contributed by atoms with van der Waals surface area (Å²) >= 11 is 0. The zero-order chi connectivity index (χ0) is 23.1. The minimum absolute atomic E-state index is 0.0381. The SMILES string of the molecule is CC[C@H](CC(=O)[C@@H](C)[C@H]1CC[C@H]2[C@@H]3CCC4CCCC[C@]4(C)[C@H]3CC[C@]12C)C(C=O)C=O. The molecular formula is C29H46O3. The quantitative estimate of drug-likeness (QED) is 0.311. The van der Waals surface area contributed by atoms with Crippen LogP contribution in [0.4, 0.5) is 0 Å². The molecule has 0 N–H and O–H groups in total. The van der Waals surface area contributed by atoms with Gasteiger partial charge in [0.15, 0.2) is 0 Å². The number of fused-ring (bicyclic) bond motifs is 5. The molecule has 3 nitrogen and oxygen atoms in total. The average molecular weight is 443 g/mol. The normalized spacial score (nSPS) is 43.0. The predicted octanol–water partition coefficient (Wildman–Crippen LogP) is 6.67. The number of hydrogen-bond donors (Lipinski definition) is 0. The van der Waals surface area contributed by atoms with Crippen molar-refractivity contribution in [3.63, 3.8) is 0 Å². The van der Waals surface area contributed by atoms with Gasteiger partial charge >= 0.3 is 0 Å². The molecule has 0 aromatic rings. The highest BCUT2D eigenvalue weighted by Gasteiger charge is 2.60.